The molecule has 0 aliphatic rings. The van der Waals surface area contributed by atoms with E-state index in [1.807, 2.05) is 12.1 Å². The summed E-state index contributed by atoms with van der Waals surface area (Å²) in [5, 5.41) is 2.49. The zero-order valence-corrected chi connectivity index (χ0v) is 16.7. The Hall–Kier alpha value is -1.27. The molecule has 0 fully saturated rings. The number of carbonyl (C=O) groups is 2. The van der Waals surface area contributed by atoms with Crippen LogP contribution in [-0.2, 0) is 11.0 Å². The van der Waals surface area contributed by atoms with Gasteiger partial charge in [0.1, 0.15) is 12.0 Å². The van der Waals surface area contributed by atoms with Gasteiger partial charge in [-0.05, 0) is 67.8 Å². The number of rotatable bonds is 7. The van der Waals surface area contributed by atoms with E-state index in [0.29, 0.717) is 32.1 Å². The summed E-state index contributed by atoms with van der Waals surface area (Å²) in [4.78, 5) is 22.2. The van der Waals surface area contributed by atoms with Crippen LogP contribution in [0, 0.1) is 0 Å². The first-order valence-electron chi connectivity index (χ1n) is 6.96. The monoisotopic (exact) mass is 472 g/mol. The molecule has 0 saturated carbocycles. The van der Waals surface area contributed by atoms with Crippen molar-refractivity contribution in [1.29, 1.82) is 0 Å². The molecular weight excluding hydrogens is 459 g/mol. The summed E-state index contributed by atoms with van der Waals surface area (Å²) in [5.74, 6) is 0.804. The molecule has 2 aromatic carbocycles. The van der Waals surface area contributed by atoms with Gasteiger partial charge in [0.2, 0.25) is 0 Å². The Labute approximate surface area is 158 Å². The smallest absolute Gasteiger partial charge is 0.251 e. The van der Waals surface area contributed by atoms with E-state index in [1.54, 1.807) is 24.3 Å². The van der Waals surface area contributed by atoms with Crippen molar-refractivity contribution in [1.82, 2.24) is 5.32 Å². The Morgan fingerprint density at radius 2 is 1.96 bits per heavy atom. The maximum atomic E-state index is 11.9. The molecule has 126 valence electrons. The Morgan fingerprint density at radius 3 is 2.58 bits per heavy atom. The molecular formula is C16H15Br2N2O3P. The van der Waals surface area contributed by atoms with Crippen molar-refractivity contribution in [2.24, 2.45) is 5.50 Å². The molecule has 0 radical (unpaired) electrons. The standard InChI is InChI=1S/C16H15Br2N2O3P/c17-13-6-10(9-24-19)7-14(18)15(13)23-12-3-1-2-11(8-12)16(22)20-4-5-21/h1-3,5-8,24H,4,9,19H2,(H,20,22). The van der Waals surface area contributed by atoms with E-state index in [1.165, 1.54) is 0 Å². The highest BCUT2D eigenvalue weighted by molar-refractivity contribution is 9.11. The summed E-state index contributed by atoms with van der Waals surface area (Å²) in [6.07, 6.45) is 1.43. The van der Waals surface area contributed by atoms with Gasteiger partial charge in [0, 0.05) is 11.7 Å². The number of nitrogens with one attached hydrogen (secondary N) is 1. The number of aldehydes is 1. The lowest BCUT2D eigenvalue weighted by Gasteiger charge is -2.12. The van der Waals surface area contributed by atoms with Crippen molar-refractivity contribution in [3.63, 3.8) is 0 Å². The third-order valence-electron chi connectivity index (χ3n) is 3.03. The first-order chi connectivity index (χ1) is 11.5. The molecule has 0 saturated heterocycles. The molecule has 1 atom stereocenters. The Kier molecular flexibility index (Phi) is 7.37. The minimum absolute atomic E-state index is 0.0235. The van der Waals surface area contributed by atoms with Crippen LogP contribution in [0.25, 0.3) is 0 Å². The van der Waals surface area contributed by atoms with Gasteiger partial charge in [-0.3, -0.25) is 4.79 Å². The second-order valence-electron chi connectivity index (χ2n) is 4.78. The number of hydrogen-bond acceptors (Lipinski definition) is 4. The molecule has 0 spiro atoms. The Balaban J connectivity index is 2.22. The highest BCUT2D eigenvalue weighted by atomic mass is 79.9. The average molecular weight is 474 g/mol. The lowest BCUT2D eigenvalue weighted by atomic mass is 10.2. The molecule has 1 unspecified atom stereocenters. The Morgan fingerprint density at radius 1 is 1.25 bits per heavy atom. The van der Waals surface area contributed by atoms with Crippen molar-refractivity contribution < 1.29 is 14.3 Å². The molecule has 3 N–H and O–H groups in total. The van der Waals surface area contributed by atoms with E-state index >= 15 is 0 Å². The minimum Gasteiger partial charge on any atom is -0.455 e. The minimum atomic E-state index is -0.329. The molecule has 1 amide bonds. The number of halogens is 2. The van der Waals surface area contributed by atoms with Gasteiger partial charge in [-0.1, -0.05) is 14.8 Å². The highest BCUT2D eigenvalue weighted by Crippen LogP contribution is 2.38. The predicted octanol–water partition coefficient (Wildman–Crippen LogP) is 3.98. The summed E-state index contributed by atoms with van der Waals surface area (Å²) >= 11 is 6.99. The van der Waals surface area contributed by atoms with Crippen molar-refractivity contribution in [2.75, 3.05) is 6.54 Å². The number of hydrogen-bond donors (Lipinski definition) is 2. The lowest BCUT2D eigenvalue weighted by molar-refractivity contribution is -0.107. The van der Waals surface area contributed by atoms with Gasteiger partial charge in [-0.2, -0.15) is 0 Å². The van der Waals surface area contributed by atoms with Gasteiger partial charge in [-0.15, -0.1) is 0 Å². The highest BCUT2D eigenvalue weighted by Gasteiger charge is 2.12. The maximum absolute atomic E-state index is 11.9. The molecule has 5 nitrogen and oxygen atoms in total. The topological polar surface area (TPSA) is 81.4 Å². The summed E-state index contributed by atoms with van der Waals surface area (Å²) in [7, 11) is 0.341. The van der Waals surface area contributed by atoms with Gasteiger partial charge >= 0.3 is 0 Å². The van der Waals surface area contributed by atoms with E-state index < -0.39 is 0 Å². The summed E-state index contributed by atoms with van der Waals surface area (Å²) < 4.78 is 7.48. The normalized spacial score (nSPS) is 10.8. The van der Waals surface area contributed by atoms with E-state index in [9.17, 15) is 9.59 Å². The molecule has 8 heteroatoms. The summed E-state index contributed by atoms with van der Waals surface area (Å²) in [5.41, 5.74) is 7.13. The third-order valence-corrected chi connectivity index (χ3v) is 4.82. The average Bonchev–Trinajstić information content (AvgIpc) is 2.56. The van der Waals surface area contributed by atoms with E-state index in [2.05, 4.69) is 37.2 Å². The molecule has 24 heavy (non-hydrogen) atoms. The van der Waals surface area contributed by atoms with E-state index in [0.717, 1.165) is 20.7 Å². The molecule has 0 aliphatic carbocycles. The molecule has 2 aromatic rings. The summed E-state index contributed by atoms with van der Waals surface area (Å²) in [6, 6.07) is 10.7. The third kappa shape index (κ3) is 5.11. The van der Waals surface area contributed by atoms with Crippen LogP contribution in [0.1, 0.15) is 15.9 Å². The van der Waals surface area contributed by atoms with Crippen LogP contribution < -0.4 is 15.6 Å². The number of ether oxygens (including phenoxy) is 1. The first kappa shape index (κ1) is 19.1. The fraction of sp³-hybridized carbons (Fsp3) is 0.125. The van der Waals surface area contributed by atoms with Crippen molar-refractivity contribution in [3.05, 3.63) is 56.5 Å². The molecule has 0 heterocycles. The lowest BCUT2D eigenvalue weighted by Crippen LogP contribution is -2.24. The van der Waals surface area contributed by atoms with Gasteiger partial charge in [-0.25, -0.2) is 0 Å². The van der Waals surface area contributed by atoms with Crippen LogP contribution in [0.15, 0.2) is 45.3 Å². The Bertz CT molecular complexity index is 733. The zero-order valence-electron chi connectivity index (χ0n) is 12.5. The van der Waals surface area contributed by atoms with Crippen LogP contribution >= 0.6 is 40.6 Å². The molecule has 0 aromatic heterocycles. The van der Waals surface area contributed by atoms with Crippen molar-refractivity contribution in [3.8, 4) is 11.5 Å². The second kappa shape index (κ2) is 9.28. The summed E-state index contributed by atoms with van der Waals surface area (Å²) in [6.45, 7) is -0.0235. The van der Waals surface area contributed by atoms with Crippen molar-refractivity contribution >= 4 is 52.8 Å². The molecule has 0 bridgehead atoms. The number of amides is 1. The fourth-order valence-electron chi connectivity index (χ4n) is 1.98. The van der Waals surface area contributed by atoms with Gasteiger partial charge in [0.25, 0.3) is 5.91 Å². The number of benzene rings is 2. The van der Waals surface area contributed by atoms with Crippen LogP contribution in [0.2, 0.25) is 0 Å². The zero-order chi connectivity index (χ0) is 17.5. The van der Waals surface area contributed by atoms with Gasteiger partial charge in [0.15, 0.2) is 5.75 Å². The molecule has 2 rings (SSSR count). The quantitative estimate of drug-likeness (QED) is 0.470. The van der Waals surface area contributed by atoms with Gasteiger partial charge < -0.3 is 20.4 Å². The van der Waals surface area contributed by atoms with Crippen LogP contribution in [0.3, 0.4) is 0 Å². The van der Waals surface area contributed by atoms with Gasteiger partial charge in [0.05, 0.1) is 15.5 Å². The van der Waals surface area contributed by atoms with Crippen molar-refractivity contribution in [2.45, 2.75) is 6.16 Å². The largest absolute Gasteiger partial charge is 0.455 e. The van der Waals surface area contributed by atoms with E-state index in [-0.39, 0.29) is 12.5 Å². The second-order valence-corrected chi connectivity index (χ2v) is 7.25. The van der Waals surface area contributed by atoms with Crippen LogP contribution in [-0.4, -0.2) is 18.7 Å². The SMILES string of the molecule is NPCc1cc(Br)c(Oc2cccc(C(=O)NCC=O)c2)c(Br)c1. The first-order valence-corrected chi connectivity index (χ1v) is 9.83. The van der Waals surface area contributed by atoms with Crippen LogP contribution in [0.4, 0.5) is 0 Å². The van der Waals surface area contributed by atoms with Crippen LogP contribution in [0.5, 0.6) is 11.5 Å². The van der Waals surface area contributed by atoms with E-state index in [4.69, 9.17) is 10.2 Å². The fourth-order valence-corrected chi connectivity index (χ4v) is 3.87. The molecule has 0 aliphatic heterocycles. The number of carbonyl (C=O) groups excluding carboxylic acids is 2. The number of nitrogens with two attached hydrogens (primary N) is 1. The maximum Gasteiger partial charge on any atom is 0.251 e. The predicted molar refractivity (Wildman–Crippen MR) is 103 cm³/mol.